The molecule has 0 saturated heterocycles. The van der Waals surface area contributed by atoms with Crippen LogP contribution in [0.3, 0.4) is 0 Å². The average Bonchev–Trinajstić information content (AvgIpc) is 3.49. The van der Waals surface area contributed by atoms with Gasteiger partial charge in [-0.1, -0.05) is 23.7 Å². The van der Waals surface area contributed by atoms with Gasteiger partial charge in [0, 0.05) is 5.02 Å². The summed E-state index contributed by atoms with van der Waals surface area (Å²) in [6.45, 7) is 0.458. The lowest BCUT2D eigenvalue weighted by atomic mass is 10.2. The lowest BCUT2D eigenvalue weighted by Gasteiger charge is -2.27. The van der Waals surface area contributed by atoms with Crippen molar-refractivity contribution in [3.63, 3.8) is 0 Å². The maximum Gasteiger partial charge on any atom is 0.241 e. The number of fused-ring (bicyclic) bond motifs is 1. The molecule has 0 spiro atoms. The van der Waals surface area contributed by atoms with Gasteiger partial charge in [-0.3, -0.25) is 4.79 Å². The van der Waals surface area contributed by atoms with E-state index >= 15 is 0 Å². The number of hydrogen-bond donors (Lipinski definition) is 1. The minimum Gasteiger partial charge on any atom is -0.486 e. The number of para-hydroxylation sites is 2. The lowest BCUT2D eigenvalue weighted by molar-refractivity contribution is -0.121. The van der Waals surface area contributed by atoms with E-state index in [4.69, 9.17) is 21.1 Å². The van der Waals surface area contributed by atoms with Crippen LogP contribution < -0.4 is 14.8 Å². The third-order valence-corrected chi connectivity index (χ3v) is 7.58. The minimum absolute atomic E-state index is 0.103. The van der Waals surface area contributed by atoms with Crippen molar-refractivity contribution in [2.45, 2.75) is 28.6 Å². The summed E-state index contributed by atoms with van der Waals surface area (Å²) in [4.78, 5) is 12.8. The van der Waals surface area contributed by atoms with Gasteiger partial charge in [0.1, 0.15) is 12.7 Å². The third-order valence-electron chi connectivity index (χ3n) is 4.81. The number of halogens is 1. The molecule has 2 aliphatic rings. The number of nitrogens with one attached hydrogen (secondary N) is 1. The number of sulfone groups is 1. The molecule has 2 aromatic carbocycles. The van der Waals surface area contributed by atoms with Crippen molar-refractivity contribution >= 4 is 27.3 Å². The van der Waals surface area contributed by atoms with E-state index in [1.54, 1.807) is 6.07 Å². The number of hydrogen-bond acceptors (Lipinski definition) is 5. The molecule has 0 radical (unpaired) electrons. The molecule has 8 heteroatoms. The largest absolute Gasteiger partial charge is 0.486 e. The lowest BCUT2D eigenvalue weighted by Crippen LogP contribution is -2.47. The molecule has 1 N–H and O–H groups in total. The second-order valence-corrected chi connectivity index (χ2v) is 9.36. The number of amides is 1. The van der Waals surface area contributed by atoms with E-state index in [2.05, 4.69) is 5.32 Å². The first-order valence-corrected chi connectivity index (χ1v) is 10.5. The van der Waals surface area contributed by atoms with Gasteiger partial charge < -0.3 is 14.8 Å². The van der Waals surface area contributed by atoms with E-state index in [1.165, 1.54) is 24.3 Å². The van der Waals surface area contributed by atoms with Crippen LogP contribution in [0.25, 0.3) is 0 Å². The van der Waals surface area contributed by atoms with Crippen molar-refractivity contribution in [2.75, 3.05) is 13.2 Å². The Morgan fingerprint density at radius 1 is 1.11 bits per heavy atom. The van der Waals surface area contributed by atoms with E-state index in [0.717, 1.165) is 0 Å². The Balaban J connectivity index is 1.43. The smallest absolute Gasteiger partial charge is 0.241 e. The normalized spacial score (nSPS) is 20.0. The first-order chi connectivity index (χ1) is 12.9. The highest BCUT2D eigenvalue weighted by Crippen LogP contribution is 2.47. The fourth-order valence-electron chi connectivity index (χ4n) is 3.10. The van der Waals surface area contributed by atoms with Crippen LogP contribution >= 0.6 is 11.6 Å². The summed E-state index contributed by atoms with van der Waals surface area (Å²) in [6.07, 6.45) is 0.224. The van der Waals surface area contributed by atoms with Crippen LogP contribution in [-0.4, -0.2) is 38.3 Å². The van der Waals surface area contributed by atoms with Crippen LogP contribution in [0.15, 0.2) is 53.4 Å². The molecular formula is C19H18ClNO5S. The fourth-order valence-corrected chi connectivity index (χ4v) is 5.13. The van der Waals surface area contributed by atoms with E-state index in [0.29, 0.717) is 29.4 Å². The monoisotopic (exact) mass is 407 g/mol. The molecule has 1 heterocycles. The van der Waals surface area contributed by atoms with Crippen LogP contribution in [0.2, 0.25) is 5.02 Å². The van der Waals surface area contributed by atoms with Gasteiger partial charge in [-0.05, 0) is 49.2 Å². The van der Waals surface area contributed by atoms with Gasteiger partial charge in [-0.25, -0.2) is 8.42 Å². The first kappa shape index (κ1) is 18.1. The molecule has 1 amide bonds. The topological polar surface area (TPSA) is 81.7 Å². The molecular weight excluding hydrogens is 390 g/mol. The number of carbonyl (C=O) groups excluding carboxylic acids is 1. The van der Waals surface area contributed by atoms with E-state index in [9.17, 15) is 13.2 Å². The molecule has 1 aliphatic carbocycles. The second-order valence-electron chi connectivity index (χ2n) is 6.66. The number of carbonyl (C=O) groups is 1. The number of benzene rings is 2. The molecule has 142 valence electrons. The van der Waals surface area contributed by atoms with Crippen LogP contribution in [0.5, 0.6) is 11.5 Å². The van der Waals surface area contributed by atoms with Crippen molar-refractivity contribution in [3.8, 4) is 11.5 Å². The van der Waals surface area contributed by atoms with Crippen LogP contribution in [0.4, 0.5) is 0 Å². The average molecular weight is 408 g/mol. The van der Waals surface area contributed by atoms with Gasteiger partial charge in [0.15, 0.2) is 26.1 Å². The van der Waals surface area contributed by atoms with Gasteiger partial charge in [0.2, 0.25) is 5.91 Å². The molecule has 2 aromatic rings. The Bertz CT molecular complexity index is 970. The van der Waals surface area contributed by atoms with Crippen molar-refractivity contribution in [1.82, 2.24) is 5.32 Å². The highest BCUT2D eigenvalue weighted by molar-refractivity contribution is 7.94. The predicted molar refractivity (Wildman–Crippen MR) is 100.0 cm³/mol. The summed E-state index contributed by atoms with van der Waals surface area (Å²) in [5, 5.41) is 3.17. The summed E-state index contributed by atoms with van der Waals surface area (Å²) in [5.74, 6) is 0.766. The Hall–Kier alpha value is -2.25. The summed E-state index contributed by atoms with van der Waals surface area (Å²) < 4.78 is 35.8. The van der Waals surface area contributed by atoms with Crippen molar-refractivity contribution < 1.29 is 22.7 Å². The van der Waals surface area contributed by atoms with Crippen molar-refractivity contribution in [3.05, 3.63) is 53.6 Å². The van der Waals surface area contributed by atoms with Gasteiger partial charge >= 0.3 is 0 Å². The Morgan fingerprint density at radius 3 is 2.44 bits per heavy atom. The Morgan fingerprint density at radius 2 is 1.78 bits per heavy atom. The van der Waals surface area contributed by atoms with Crippen molar-refractivity contribution in [1.29, 1.82) is 0 Å². The molecule has 0 bridgehead atoms. The highest BCUT2D eigenvalue weighted by atomic mass is 35.5. The van der Waals surface area contributed by atoms with Crippen LogP contribution in [-0.2, 0) is 14.6 Å². The molecule has 1 atom stereocenters. The van der Waals surface area contributed by atoms with Crippen LogP contribution in [0, 0.1) is 0 Å². The maximum atomic E-state index is 12.9. The minimum atomic E-state index is -3.79. The van der Waals surface area contributed by atoms with Gasteiger partial charge in [0.25, 0.3) is 0 Å². The summed E-state index contributed by atoms with van der Waals surface area (Å²) in [5.41, 5.74) is 0. The highest BCUT2D eigenvalue weighted by Gasteiger charge is 2.61. The summed E-state index contributed by atoms with van der Waals surface area (Å²) >= 11 is 5.83. The quantitative estimate of drug-likeness (QED) is 0.823. The zero-order valence-electron chi connectivity index (χ0n) is 14.4. The molecule has 1 saturated carbocycles. The molecule has 4 rings (SSSR count). The standard InChI is InChI=1S/C19H18ClNO5S/c20-13-5-7-15(8-6-13)27(23,24)19(9-10-19)18(22)21-11-14-12-25-16-3-1-2-4-17(16)26-14/h1-8,14H,9-12H2,(H,21,22). The number of ether oxygens (including phenoxy) is 2. The summed E-state index contributed by atoms with van der Waals surface area (Å²) in [6, 6.07) is 13.2. The van der Waals surface area contributed by atoms with Crippen molar-refractivity contribution in [2.24, 2.45) is 0 Å². The number of rotatable bonds is 5. The summed E-state index contributed by atoms with van der Waals surface area (Å²) in [7, 11) is -3.79. The molecule has 6 nitrogen and oxygen atoms in total. The van der Waals surface area contributed by atoms with E-state index in [1.807, 2.05) is 18.2 Å². The van der Waals surface area contributed by atoms with Crippen LogP contribution in [0.1, 0.15) is 12.8 Å². The fraction of sp³-hybridized carbons (Fsp3) is 0.316. The zero-order chi connectivity index (χ0) is 19.1. The van der Waals surface area contributed by atoms with Gasteiger partial charge in [-0.15, -0.1) is 0 Å². The Labute approximate surface area is 162 Å². The molecule has 1 aliphatic heterocycles. The third kappa shape index (κ3) is 3.26. The molecule has 1 unspecified atom stereocenters. The first-order valence-electron chi connectivity index (χ1n) is 8.59. The molecule has 0 aromatic heterocycles. The predicted octanol–water partition coefficient (Wildman–Crippen LogP) is 2.60. The second kappa shape index (κ2) is 6.73. The SMILES string of the molecule is O=C(NCC1COc2ccccc2O1)C1(S(=O)(=O)c2ccc(Cl)cc2)CC1. The Kier molecular flexibility index (Phi) is 4.52. The van der Waals surface area contributed by atoms with Gasteiger partial charge in [-0.2, -0.15) is 0 Å². The van der Waals surface area contributed by atoms with Gasteiger partial charge in [0.05, 0.1) is 11.4 Å². The maximum absolute atomic E-state index is 12.9. The molecule has 1 fully saturated rings. The zero-order valence-corrected chi connectivity index (χ0v) is 15.9. The molecule has 27 heavy (non-hydrogen) atoms. The van der Waals surface area contributed by atoms with E-state index < -0.39 is 20.5 Å². The van der Waals surface area contributed by atoms with E-state index in [-0.39, 0.29) is 24.2 Å².